The fourth-order valence-electron chi connectivity index (χ4n) is 2.60. The van der Waals surface area contributed by atoms with Crippen molar-refractivity contribution in [3.05, 3.63) is 70.9 Å². The Bertz CT molecular complexity index is 733. The minimum absolute atomic E-state index is 0.201. The lowest BCUT2D eigenvalue weighted by Gasteiger charge is -2.19. The Morgan fingerprint density at radius 2 is 1.96 bits per heavy atom. The first-order chi connectivity index (χ1) is 11.7. The molecule has 126 valence electrons. The van der Waals surface area contributed by atoms with Crippen molar-refractivity contribution in [2.45, 2.75) is 19.6 Å². The number of para-hydroxylation sites is 1. The van der Waals surface area contributed by atoms with E-state index in [4.69, 9.17) is 21.1 Å². The van der Waals surface area contributed by atoms with Crippen molar-refractivity contribution >= 4 is 17.3 Å². The van der Waals surface area contributed by atoms with E-state index in [0.717, 1.165) is 17.0 Å². The van der Waals surface area contributed by atoms with Gasteiger partial charge in [0.2, 0.25) is 0 Å². The molecule has 0 aliphatic carbocycles. The molecule has 0 spiro atoms. The molecule has 2 aromatic carbocycles. The molecule has 0 bridgehead atoms. The van der Waals surface area contributed by atoms with Gasteiger partial charge in [0.25, 0.3) is 0 Å². The predicted octanol–water partition coefficient (Wildman–Crippen LogP) is 4.16. The Morgan fingerprint density at radius 3 is 2.75 bits per heavy atom. The lowest BCUT2D eigenvalue weighted by molar-refractivity contribution is 0.139. The van der Waals surface area contributed by atoms with Gasteiger partial charge in [-0.05, 0) is 42.3 Å². The summed E-state index contributed by atoms with van der Waals surface area (Å²) in [4.78, 5) is 0. The first kappa shape index (κ1) is 16.8. The van der Waals surface area contributed by atoms with Crippen LogP contribution in [-0.2, 0) is 11.3 Å². The maximum atomic E-state index is 6.26. The maximum absolute atomic E-state index is 6.26. The molecule has 0 fully saturated rings. The summed E-state index contributed by atoms with van der Waals surface area (Å²) in [5, 5.41) is 2.67. The number of rotatable bonds is 6. The highest BCUT2D eigenvalue weighted by Gasteiger charge is 2.22. The predicted molar refractivity (Wildman–Crippen MR) is 97.3 cm³/mol. The van der Waals surface area contributed by atoms with Crippen LogP contribution in [0.5, 0.6) is 5.75 Å². The Balaban J connectivity index is 1.60. The van der Waals surface area contributed by atoms with Crippen molar-refractivity contribution in [2.24, 2.45) is 0 Å². The Morgan fingerprint density at radius 1 is 1.12 bits per heavy atom. The molecule has 1 aliphatic rings. The number of nitrogens with one attached hydrogen (secondary N) is 1. The molecule has 1 unspecified atom stereocenters. The minimum Gasteiger partial charge on any atom is -0.497 e. The largest absolute Gasteiger partial charge is 0.497 e. The average molecular weight is 345 g/mol. The van der Waals surface area contributed by atoms with Crippen LogP contribution < -0.4 is 15.2 Å². The summed E-state index contributed by atoms with van der Waals surface area (Å²) in [6.07, 6.45) is 2.05. The van der Waals surface area contributed by atoms with Gasteiger partial charge in [0.05, 0.1) is 31.0 Å². The molecule has 1 N–H and O–H groups in total. The third kappa shape index (κ3) is 3.90. The van der Waals surface area contributed by atoms with E-state index in [0.29, 0.717) is 18.2 Å². The van der Waals surface area contributed by atoms with E-state index in [9.17, 15) is 0 Å². The third-order valence-electron chi connectivity index (χ3n) is 3.97. The van der Waals surface area contributed by atoms with Gasteiger partial charge in [-0.15, -0.1) is 0 Å². The van der Waals surface area contributed by atoms with Crippen LogP contribution in [0, 0.1) is 0 Å². The van der Waals surface area contributed by atoms with Crippen molar-refractivity contribution in [1.29, 1.82) is 0 Å². The fraction of sp³-hybridized carbons (Fsp3) is 0.263. The molecule has 24 heavy (non-hydrogen) atoms. The number of anilines is 1. The number of benzene rings is 2. The summed E-state index contributed by atoms with van der Waals surface area (Å²) in [6, 6.07) is 15.9. The summed E-state index contributed by atoms with van der Waals surface area (Å²) in [5.41, 5.74) is 6.60. The lowest BCUT2D eigenvalue weighted by atomic mass is 10.2. The van der Waals surface area contributed by atoms with E-state index in [2.05, 4.69) is 18.5 Å². The number of hydrogen-bond acceptors (Lipinski definition) is 4. The van der Waals surface area contributed by atoms with Gasteiger partial charge in [-0.1, -0.05) is 35.9 Å². The molecule has 5 heteroatoms. The van der Waals surface area contributed by atoms with Crippen molar-refractivity contribution in [2.75, 3.05) is 18.7 Å². The SMILES string of the molecule is COc1cccc(COCC2=CN(c3ccccc3Cl)NC2C)c1. The molecular weight excluding hydrogens is 324 g/mol. The van der Waals surface area contributed by atoms with Crippen LogP contribution in [0.25, 0.3) is 0 Å². The molecule has 1 heterocycles. The van der Waals surface area contributed by atoms with E-state index in [-0.39, 0.29) is 6.04 Å². The van der Waals surface area contributed by atoms with Crippen molar-refractivity contribution in [3.8, 4) is 5.75 Å². The highest BCUT2D eigenvalue weighted by molar-refractivity contribution is 6.33. The number of halogens is 1. The summed E-state index contributed by atoms with van der Waals surface area (Å²) >= 11 is 6.26. The third-order valence-corrected chi connectivity index (χ3v) is 4.29. The van der Waals surface area contributed by atoms with Crippen molar-refractivity contribution in [3.63, 3.8) is 0 Å². The minimum atomic E-state index is 0.201. The van der Waals surface area contributed by atoms with Gasteiger partial charge < -0.3 is 9.47 Å². The van der Waals surface area contributed by atoms with Crippen LogP contribution in [0.4, 0.5) is 5.69 Å². The quantitative estimate of drug-likeness (QED) is 0.853. The van der Waals surface area contributed by atoms with E-state index in [1.165, 1.54) is 5.57 Å². The molecule has 1 aliphatic heterocycles. The Hall–Kier alpha value is -2.01. The van der Waals surface area contributed by atoms with Gasteiger partial charge in [-0.3, -0.25) is 5.01 Å². The number of methoxy groups -OCH3 is 1. The fourth-order valence-corrected chi connectivity index (χ4v) is 2.83. The highest BCUT2D eigenvalue weighted by atomic mass is 35.5. The van der Waals surface area contributed by atoms with Crippen LogP contribution >= 0.6 is 11.6 Å². The second-order valence-corrected chi connectivity index (χ2v) is 6.13. The lowest BCUT2D eigenvalue weighted by Crippen LogP contribution is -2.34. The maximum Gasteiger partial charge on any atom is 0.119 e. The molecule has 0 radical (unpaired) electrons. The summed E-state index contributed by atoms with van der Waals surface area (Å²) in [6.45, 7) is 3.22. The van der Waals surface area contributed by atoms with Crippen molar-refractivity contribution < 1.29 is 9.47 Å². The van der Waals surface area contributed by atoms with Gasteiger partial charge in [-0.2, -0.15) is 0 Å². The molecule has 2 aromatic rings. The molecule has 0 saturated heterocycles. The number of nitrogens with zero attached hydrogens (tertiary/aromatic N) is 1. The van der Waals surface area contributed by atoms with E-state index in [1.54, 1.807) is 7.11 Å². The molecule has 0 aromatic heterocycles. The summed E-state index contributed by atoms with van der Waals surface area (Å²) in [5.74, 6) is 0.844. The first-order valence-electron chi connectivity index (χ1n) is 7.88. The molecule has 4 nitrogen and oxygen atoms in total. The molecule has 0 saturated carbocycles. The zero-order chi connectivity index (χ0) is 16.9. The Kier molecular flexibility index (Phi) is 5.41. The first-order valence-corrected chi connectivity index (χ1v) is 8.26. The highest BCUT2D eigenvalue weighted by Crippen LogP contribution is 2.28. The summed E-state index contributed by atoms with van der Waals surface area (Å²) < 4.78 is 11.1. The van der Waals surface area contributed by atoms with E-state index < -0.39 is 0 Å². The standard InChI is InChI=1S/C19H21ClN2O2/c1-14-16(11-22(21-14)19-9-4-3-8-18(19)20)13-24-12-15-6-5-7-17(10-15)23-2/h3-11,14,21H,12-13H2,1-2H3. The van der Waals surface area contributed by atoms with Gasteiger partial charge in [0, 0.05) is 12.2 Å². The van der Waals surface area contributed by atoms with Crippen LogP contribution in [0.3, 0.4) is 0 Å². The van der Waals surface area contributed by atoms with Crippen LogP contribution in [0.2, 0.25) is 5.02 Å². The van der Waals surface area contributed by atoms with Crippen LogP contribution in [0.15, 0.2) is 60.3 Å². The second-order valence-electron chi connectivity index (χ2n) is 5.72. The van der Waals surface area contributed by atoms with Crippen LogP contribution in [-0.4, -0.2) is 19.8 Å². The Labute approximate surface area is 147 Å². The zero-order valence-electron chi connectivity index (χ0n) is 13.8. The van der Waals surface area contributed by atoms with Gasteiger partial charge >= 0.3 is 0 Å². The van der Waals surface area contributed by atoms with Crippen molar-refractivity contribution in [1.82, 2.24) is 5.43 Å². The molecule has 3 rings (SSSR count). The van der Waals surface area contributed by atoms with Crippen LogP contribution in [0.1, 0.15) is 12.5 Å². The molecule has 1 atom stereocenters. The normalized spacial score (nSPS) is 17.0. The monoisotopic (exact) mass is 344 g/mol. The second kappa shape index (κ2) is 7.71. The van der Waals surface area contributed by atoms with E-state index >= 15 is 0 Å². The number of ether oxygens (including phenoxy) is 2. The zero-order valence-corrected chi connectivity index (χ0v) is 14.6. The molecule has 0 amide bonds. The van der Waals surface area contributed by atoms with E-state index in [1.807, 2.05) is 53.5 Å². The van der Waals surface area contributed by atoms with Gasteiger partial charge in [-0.25, -0.2) is 5.43 Å². The number of hydrazine groups is 1. The number of hydrogen-bond donors (Lipinski definition) is 1. The average Bonchev–Trinajstić information content (AvgIpc) is 2.96. The smallest absolute Gasteiger partial charge is 0.119 e. The topological polar surface area (TPSA) is 33.7 Å². The van der Waals surface area contributed by atoms with Gasteiger partial charge in [0.1, 0.15) is 5.75 Å². The summed E-state index contributed by atoms with van der Waals surface area (Å²) in [7, 11) is 1.67. The van der Waals surface area contributed by atoms with Gasteiger partial charge in [0.15, 0.2) is 0 Å². The molecular formula is C19H21ClN2O2.